The number of hydrogen-bond donors (Lipinski definition) is 0. The fourth-order valence-electron chi connectivity index (χ4n) is 1.76. The van der Waals surface area contributed by atoms with E-state index in [0.29, 0.717) is 12.5 Å². The van der Waals surface area contributed by atoms with Gasteiger partial charge in [0.15, 0.2) is 0 Å². The summed E-state index contributed by atoms with van der Waals surface area (Å²) in [4.78, 5) is 10.9. The molecule has 0 aromatic heterocycles. The van der Waals surface area contributed by atoms with Crippen molar-refractivity contribution in [3.8, 4) is 0 Å². The van der Waals surface area contributed by atoms with Crippen molar-refractivity contribution >= 4 is 5.97 Å². The van der Waals surface area contributed by atoms with E-state index in [2.05, 4.69) is 13.0 Å². The molecule has 0 bridgehead atoms. The van der Waals surface area contributed by atoms with Crippen molar-refractivity contribution in [2.75, 3.05) is 6.61 Å². The van der Waals surface area contributed by atoms with E-state index in [9.17, 15) is 4.79 Å². The van der Waals surface area contributed by atoms with E-state index < -0.39 is 0 Å². The van der Waals surface area contributed by atoms with Gasteiger partial charge >= 0.3 is 5.97 Å². The molecule has 2 heteroatoms. The maximum atomic E-state index is 10.9. The summed E-state index contributed by atoms with van der Waals surface area (Å²) in [5.41, 5.74) is 1.34. The summed E-state index contributed by atoms with van der Waals surface area (Å²) in [6.07, 6.45) is 3.08. The molecule has 0 spiro atoms. The fourth-order valence-corrected chi connectivity index (χ4v) is 1.76. The van der Waals surface area contributed by atoms with Crippen LogP contribution in [0.4, 0.5) is 0 Å². The van der Waals surface area contributed by atoms with E-state index in [1.807, 2.05) is 0 Å². The van der Waals surface area contributed by atoms with Crippen molar-refractivity contribution in [2.24, 2.45) is 11.8 Å². The van der Waals surface area contributed by atoms with Gasteiger partial charge in [0, 0.05) is 5.92 Å². The lowest BCUT2D eigenvalue weighted by atomic mass is 9.99. The predicted octanol–water partition coefficient (Wildman–Crippen LogP) is 1.13. The zero-order valence-electron chi connectivity index (χ0n) is 5.96. The third kappa shape index (κ3) is 0.681. The molecule has 1 saturated heterocycles. The first-order chi connectivity index (χ1) is 4.77. The highest BCUT2D eigenvalue weighted by molar-refractivity contribution is 5.76. The van der Waals surface area contributed by atoms with Crippen LogP contribution in [0.1, 0.15) is 13.3 Å². The van der Waals surface area contributed by atoms with Crippen molar-refractivity contribution in [1.29, 1.82) is 0 Å². The molecule has 1 heterocycles. The zero-order valence-corrected chi connectivity index (χ0v) is 5.96. The van der Waals surface area contributed by atoms with Gasteiger partial charge in [0.1, 0.15) is 0 Å². The van der Waals surface area contributed by atoms with Crippen LogP contribution in [0.15, 0.2) is 11.6 Å². The number of ether oxygens (including phenoxy) is 1. The van der Waals surface area contributed by atoms with Crippen LogP contribution in [-0.4, -0.2) is 12.6 Å². The van der Waals surface area contributed by atoms with E-state index >= 15 is 0 Å². The number of rotatable bonds is 0. The molecule has 2 aliphatic rings. The molecule has 0 saturated carbocycles. The highest BCUT2D eigenvalue weighted by atomic mass is 16.5. The summed E-state index contributed by atoms with van der Waals surface area (Å²) in [6.45, 7) is 2.69. The van der Waals surface area contributed by atoms with Gasteiger partial charge in [-0.3, -0.25) is 4.79 Å². The Hall–Kier alpha value is -0.790. The summed E-state index contributed by atoms with van der Waals surface area (Å²) in [5, 5.41) is 0. The smallest absolute Gasteiger partial charge is 0.310 e. The average molecular weight is 138 g/mol. The first kappa shape index (κ1) is 5.96. The summed E-state index contributed by atoms with van der Waals surface area (Å²) < 4.78 is 4.88. The van der Waals surface area contributed by atoms with E-state index in [-0.39, 0.29) is 11.9 Å². The van der Waals surface area contributed by atoms with E-state index in [4.69, 9.17) is 4.74 Å². The number of cyclic esters (lactones) is 1. The minimum absolute atomic E-state index is 0.00176. The van der Waals surface area contributed by atoms with Crippen molar-refractivity contribution in [2.45, 2.75) is 13.3 Å². The van der Waals surface area contributed by atoms with Crippen LogP contribution in [0.25, 0.3) is 0 Å². The second kappa shape index (κ2) is 1.84. The molecule has 0 amide bonds. The molecule has 2 nitrogen and oxygen atoms in total. The molecular weight excluding hydrogens is 128 g/mol. The number of esters is 1. The normalized spacial score (nSPS) is 37.3. The van der Waals surface area contributed by atoms with Crippen LogP contribution in [-0.2, 0) is 9.53 Å². The fraction of sp³-hybridized carbons (Fsp3) is 0.625. The molecule has 10 heavy (non-hydrogen) atoms. The summed E-state index contributed by atoms with van der Waals surface area (Å²) >= 11 is 0. The number of hydrogen-bond acceptors (Lipinski definition) is 2. The molecule has 2 atom stereocenters. The van der Waals surface area contributed by atoms with Gasteiger partial charge < -0.3 is 4.74 Å². The van der Waals surface area contributed by atoms with E-state index in [1.54, 1.807) is 0 Å². The Morgan fingerprint density at radius 1 is 1.70 bits per heavy atom. The van der Waals surface area contributed by atoms with Crippen LogP contribution in [0.2, 0.25) is 0 Å². The van der Waals surface area contributed by atoms with Gasteiger partial charge in [-0.25, -0.2) is 0 Å². The SMILES string of the molecule is CC1=CC2COC(=O)C2C1. The quantitative estimate of drug-likeness (QED) is 0.370. The zero-order chi connectivity index (χ0) is 7.14. The molecule has 0 N–H and O–H groups in total. The first-order valence-corrected chi connectivity index (χ1v) is 3.61. The highest BCUT2D eigenvalue weighted by Gasteiger charge is 2.38. The number of allylic oxidation sites excluding steroid dienone is 1. The van der Waals surface area contributed by atoms with Crippen molar-refractivity contribution in [1.82, 2.24) is 0 Å². The van der Waals surface area contributed by atoms with Gasteiger partial charge in [0.2, 0.25) is 0 Å². The molecule has 2 rings (SSSR count). The second-order valence-electron chi connectivity index (χ2n) is 3.12. The molecule has 0 aromatic rings. The molecule has 1 aliphatic heterocycles. The monoisotopic (exact) mass is 138 g/mol. The van der Waals surface area contributed by atoms with Crippen molar-refractivity contribution in [3.05, 3.63) is 11.6 Å². The maximum Gasteiger partial charge on any atom is 0.310 e. The van der Waals surface area contributed by atoms with Crippen LogP contribution >= 0.6 is 0 Å². The number of fused-ring (bicyclic) bond motifs is 1. The highest BCUT2D eigenvalue weighted by Crippen LogP contribution is 2.35. The van der Waals surface area contributed by atoms with Crippen molar-refractivity contribution < 1.29 is 9.53 Å². The predicted molar refractivity (Wildman–Crippen MR) is 36.3 cm³/mol. The Bertz CT molecular complexity index is 205. The molecule has 0 radical (unpaired) electrons. The van der Waals surface area contributed by atoms with Gasteiger partial charge in [-0.15, -0.1) is 0 Å². The minimum atomic E-state index is -0.00176. The van der Waals surface area contributed by atoms with Gasteiger partial charge in [-0.2, -0.15) is 0 Å². The van der Waals surface area contributed by atoms with Crippen LogP contribution < -0.4 is 0 Å². The Morgan fingerprint density at radius 2 is 2.50 bits per heavy atom. The molecule has 54 valence electrons. The Kier molecular flexibility index (Phi) is 1.10. The van der Waals surface area contributed by atoms with Gasteiger partial charge in [-0.05, 0) is 13.3 Å². The molecule has 1 fully saturated rings. The largest absolute Gasteiger partial charge is 0.465 e. The molecule has 2 unspecified atom stereocenters. The van der Waals surface area contributed by atoms with E-state index in [1.165, 1.54) is 5.57 Å². The number of carbonyl (C=O) groups is 1. The third-order valence-corrected chi connectivity index (χ3v) is 2.28. The van der Waals surface area contributed by atoms with Crippen molar-refractivity contribution in [3.63, 3.8) is 0 Å². The minimum Gasteiger partial charge on any atom is -0.465 e. The number of carbonyl (C=O) groups excluding carboxylic acids is 1. The standard InChI is InChI=1S/C8H10O2/c1-5-2-6-4-10-8(9)7(6)3-5/h2,6-7H,3-4H2,1H3. The lowest BCUT2D eigenvalue weighted by Crippen LogP contribution is -2.09. The first-order valence-electron chi connectivity index (χ1n) is 3.61. The lowest BCUT2D eigenvalue weighted by Gasteiger charge is -1.99. The summed E-state index contributed by atoms with van der Waals surface area (Å²) in [6, 6.07) is 0. The second-order valence-corrected chi connectivity index (χ2v) is 3.12. The van der Waals surface area contributed by atoms with Gasteiger partial charge in [0.05, 0.1) is 12.5 Å². The van der Waals surface area contributed by atoms with Gasteiger partial charge in [0.25, 0.3) is 0 Å². The molecule has 0 aromatic carbocycles. The third-order valence-electron chi connectivity index (χ3n) is 2.28. The Labute approximate surface area is 59.9 Å². The average Bonchev–Trinajstić information content (AvgIpc) is 2.35. The topological polar surface area (TPSA) is 26.3 Å². The Morgan fingerprint density at radius 3 is 3.20 bits per heavy atom. The van der Waals surface area contributed by atoms with Crippen LogP contribution in [0.3, 0.4) is 0 Å². The van der Waals surface area contributed by atoms with Crippen LogP contribution in [0.5, 0.6) is 0 Å². The van der Waals surface area contributed by atoms with Gasteiger partial charge in [-0.1, -0.05) is 11.6 Å². The lowest BCUT2D eigenvalue weighted by molar-refractivity contribution is -0.141. The molecule has 1 aliphatic carbocycles. The Balaban J connectivity index is 2.21. The summed E-state index contributed by atoms with van der Waals surface area (Å²) in [7, 11) is 0. The van der Waals surface area contributed by atoms with E-state index in [0.717, 1.165) is 6.42 Å². The van der Waals surface area contributed by atoms with Crippen LogP contribution in [0, 0.1) is 11.8 Å². The molecular formula is C8H10O2. The summed E-state index contributed by atoms with van der Waals surface area (Å²) in [5.74, 6) is 0.561. The maximum absolute atomic E-state index is 10.9.